The van der Waals surface area contributed by atoms with E-state index in [4.69, 9.17) is 4.74 Å². The molecule has 0 N–H and O–H groups in total. The van der Waals surface area contributed by atoms with Gasteiger partial charge in [0.25, 0.3) is 0 Å². The van der Waals surface area contributed by atoms with E-state index in [1.165, 1.54) is 11.3 Å². The van der Waals surface area contributed by atoms with Crippen LogP contribution in [-0.4, -0.2) is 23.8 Å². The van der Waals surface area contributed by atoms with E-state index in [-0.39, 0.29) is 11.3 Å². The van der Waals surface area contributed by atoms with Crippen molar-refractivity contribution in [3.63, 3.8) is 0 Å². The molecule has 0 radical (unpaired) electrons. The van der Waals surface area contributed by atoms with Gasteiger partial charge in [-0.15, -0.1) is 23.1 Å². The van der Waals surface area contributed by atoms with Crippen molar-refractivity contribution in [3.05, 3.63) is 41.4 Å². The van der Waals surface area contributed by atoms with Crippen LogP contribution in [0.2, 0.25) is 0 Å². The summed E-state index contributed by atoms with van der Waals surface area (Å²) in [6.07, 6.45) is 1.72. The number of carbonyl (C=O) groups excluding carboxylic acids is 1. The van der Waals surface area contributed by atoms with Crippen LogP contribution in [0, 0.1) is 0 Å². The number of para-hydroxylation sites is 1. The Morgan fingerprint density at radius 3 is 3.00 bits per heavy atom. The first-order chi connectivity index (χ1) is 9.31. The van der Waals surface area contributed by atoms with Crippen molar-refractivity contribution in [2.75, 3.05) is 17.8 Å². The molecule has 2 aromatic rings. The molecule has 1 aromatic carbocycles. The maximum Gasteiger partial charge on any atom is 0.240 e. The average molecular weight is 292 g/mol. The Bertz CT molecular complexity index is 586. The van der Waals surface area contributed by atoms with Gasteiger partial charge in [-0.05, 0) is 6.07 Å². The number of thiazole rings is 1. The number of benzene rings is 1. The standard InChI is InChI=1S/C13H12N2O2S2/c1-17-10-5-3-2-4-9(10)12-15(11(16)8-19-12)13-14-6-7-18-13/h2-7,12H,8H2,1H3. The molecule has 1 unspecified atom stereocenters. The molecular formula is C13H12N2O2S2. The lowest BCUT2D eigenvalue weighted by Gasteiger charge is -2.22. The van der Waals surface area contributed by atoms with Crippen LogP contribution >= 0.6 is 23.1 Å². The van der Waals surface area contributed by atoms with Crippen molar-refractivity contribution >= 4 is 34.1 Å². The second-order valence-corrected chi connectivity index (χ2v) is 5.93. The minimum Gasteiger partial charge on any atom is -0.496 e. The maximum absolute atomic E-state index is 12.1. The number of thioether (sulfide) groups is 1. The average Bonchev–Trinajstić information content (AvgIpc) is 3.07. The molecule has 1 aromatic heterocycles. The predicted molar refractivity (Wildman–Crippen MR) is 77.8 cm³/mol. The van der Waals surface area contributed by atoms with Crippen molar-refractivity contribution in [1.29, 1.82) is 0 Å². The van der Waals surface area contributed by atoms with Crippen LogP contribution < -0.4 is 9.64 Å². The number of ether oxygens (including phenoxy) is 1. The molecular weight excluding hydrogens is 280 g/mol. The topological polar surface area (TPSA) is 42.4 Å². The third kappa shape index (κ3) is 2.21. The Kier molecular flexibility index (Phi) is 3.44. The molecule has 1 amide bonds. The maximum atomic E-state index is 12.1. The summed E-state index contributed by atoms with van der Waals surface area (Å²) in [7, 11) is 1.65. The van der Waals surface area contributed by atoms with Crippen molar-refractivity contribution in [2.45, 2.75) is 5.37 Å². The van der Waals surface area contributed by atoms with Gasteiger partial charge in [0.05, 0.1) is 12.9 Å². The van der Waals surface area contributed by atoms with E-state index >= 15 is 0 Å². The van der Waals surface area contributed by atoms with Gasteiger partial charge in [-0.3, -0.25) is 9.69 Å². The van der Waals surface area contributed by atoms with Gasteiger partial charge in [0.1, 0.15) is 11.1 Å². The van der Waals surface area contributed by atoms with Gasteiger partial charge in [-0.2, -0.15) is 0 Å². The van der Waals surface area contributed by atoms with Crippen LogP contribution in [0.4, 0.5) is 5.13 Å². The smallest absolute Gasteiger partial charge is 0.240 e. The Labute approximate surface area is 119 Å². The molecule has 98 valence electrons. The largest absolute Gasteiger partial charge is 0.496 e. The molecule has 1 atom stereocenters. The highest BCUT2D eigenvalue weighted by Crippen LogP contribution is 2.45. The molecule has 19 heavy (non-hydrogen) atoms. The van der Waals surface area contributed by atoms with Crippen molar-refractivity contribution in [3.8, 4) is 5.75 Å². The minimum absolute atomic E-state index is 0.0604. The molecule has 0 saturated carbocycles. The zero-order valence-electron chi connectivity index (χ0n) is 10.3. The van der Waals surface area contributed by atoms with Gasteiger partial charge in [0.2, 0.25) is 5.91 Å². The molecule has 3 rings (SSSR count). The Morgan fingerprint density at radius 1 is 1.42 bits per heavy atom. The van der Waals surface area contributed by atoms with Gasteiger partial charge < -0.3 is 4.74 Å². The van der Waals surface area contributed by atoms with Crippen molar-refractivity contribution in [1.82, 2.24) is 4.98 Å². The summed E-state index contributed by atoms with van der Waals surface area (Å²) in [6.45, 7) is 0. The lowest BCUT2D eigenvalue weighted by atomic mass is 10.2. The lowest BCUT2D eigenvalue weighted by Crippen LogP contribution is -2.27. The Balaban J connectivity index is 2.02. The van der Waals surface area contributed by atoms with Crippen LogP contribution in [0.15, 0.2) is 35.8 Å². The van der Waals surface area contributed by atoms with E-state index in [9.17, 15) is 4.79 Å². The minimum atomic E-state index is -0.0604. The first-order valence-corrected chi connectivity index (χ1v) is 7.70. The van der Waals surface area contributed by atoms with Crippen LogP contribution in [-0.2, 0) is 4.79 Å². The summed E-state index contributed by atoms with van der Waals surface area (Å²) in [4.78, 5) is 18.1. The van der Waals surface area contributed by atoms with E-state index < -0.39 is 0 Å². The fourth-order valence-corrected chi connectivity index (χ4v) is 4.00. The molecule has 0 aliphatic carbocycles. The first-order valence-electron chi connectivity index (χ1n) is 5.77. The van der Waals surface area contributed by atoms with E-state index in [2.05, 4.69) is 4.98 Å². The van der Waals surface area contributed by atoms with Crippen molar-refractivity contribution < 1.29 is 9.53 Å². The van der Waals surface area contributed by atoms with E-state index in [0.717, 1.165) is 16.4 Å². The fourth-order valence-electron chi connectivity index (χ4n) is 2.07. The summed E-state index contributed by atoms with van der Waals surface area (Å²) in [6, 6.07) is 7.80. The predicted octanol–water partition coefficient (Wildman–Crippen LogP) is 2.93. The van der Waals surface area contributed by atoms with E-state index in [0.29, 0.717) is 5.75 Å². The number of anilines is 1. The molecule has 0 spiro atoms. The highest BCUT2D eigenvalue weighted by atomic mass is 32.2. The highest BCUT2D eigenvalue weighted by Gasteiger charge is 2.36. The summed E-state index contributed by atoms with van der Waals surface area (Å²) in [5.74, 6) is 1.37. The third-order valence-corrected chi connectivity index (χ3v) is 4.86. The number of methoxy groups -OCH3 is 1. The molecule has 6 heteroatoms. The second-order valence-electron chi connectivity index (χ2n) is 3.98. The summed E-state index contributed by atoms with van der Waals surface area (Å²) in [5, 5.41) is 2.56. The Morgan fingerprint density at radius 2 is 2.26 bits per heavy atom. The van der Waals surface area contributed by atoms with Crippen LogP contribution in [0.5, 0.6) is 5.75 Å². The number of nitrogens with zero attached hydrogens (tertiary/aromatic N) is 2. The quantitative estimate of drug-likeness (QED) is 0.872. The molecule has 0 bridgehead atoms. The summed E-state index contributed by atoms with van der Waals surface area (Å²) < 4.78 is 5.39. The fraction of sp³-hybridized carbons (Fsp3) is 0.231. The number of hydrogen-bond donors (Lipinski definition) is 0. The van der Waals surface area contributed by atoms with Crippen LogP contribution in [0.3, 0.4) is 0 Å². The van der Waals surface area contributed by atoms with Gasteiger partial charge in [-0.25, -0.2) is 4.98 Å². The highest BCUT2D eigenvalue weighted by molar-refractivity contribution is 8.00. The summed E-state index contributed by atoms with van der Waals surface area (Å²) >= 11 is 3.08. The van der Waals surface area contributed by atoms with E-state index in [1.807, 2.05) is 29.6 Å². The van der Waals surface area contributed by atoms with Gasteiger partial charge in [0, 0.05) is 17.1 Å². The van der Waals surface area contributed by atoms with E-state index in [1.54, 1.807) is 30.0 Å². The zero-order chi connectivity index (χ0) is 13.2. The number of aromatic nitrogens is 1. The third-order valence-electron chi connectivity index (χ3n) is 2.90. The normalized spacial score (nSPS) is 18.9. The first kappa shape index (κ1) is 12.5. The number of amides is 1. The van der Waals surface area contributed by atoms with Crippen molar-refractivity contribution in [2.24, 2.45) is 0 Å². The summed E-state index contributed by atoms with van der Waals surface area (Å²) in [5.41, 5.74) is 1.01. The molecule has 1 saturated heterocycles. The second kappa shape index (κ2) is 5.22. The molecule has 4 nitrogen and oxygen atoms in total. The number of rotatable bonds is 3. The monoisotopic (exact) mass is 292 g/mol. The molecule has 2 heterocycles. The van der Waals surface area contributed by atoms with Crippen LogP contribution in [0.25, 0.3) is 0 Å². The molecule has 1 aliphatic rings. The SMILES string of the molecule is COc1ccccc1C1SCC(=O)N1c1nccs1. The Hall–Kier alpha value is -1.53. The zero-order valence-corrected chi connectivity index (χ0v) is 11.9. The lowest BCUT2D eigenvalue weighted by molar-refractivity contribution is -0.115. The number of hydrogen-bond acceptors (Lipinski definition) is 5. The van der Waals surface area contributed by atoms with Gasteiger partial charge in [0.15, 0.2) is 5.13 Å². The van der Waals surface area contributed by atoms with Gasteiger partial charge >= 0.3 is 0 Å². The van der Waals surface area contributed by atoms with Gasteiger partial charge in [-0.1, -0.05) is 18.2 Å². The number of carbonyl (C=O) groups is 1. The van der Waals surface area contributed by atoms with Crippen LogP contribution in [0.1, 0.15) is 10.9 Å². The molecule has 1 fully saturated rings. The molecule has 1 aliphatic heterocycles.